The Labute approximate surface area is 168 Å². The number of nitro benzene ring substituents is 1. The number of nitrogens with one attached hydrogen (secondary N) is 2. The van der Waals surface area contributed by atoms with Crippen LogP contribution in [0.25, 0.3) is 11.3 Å². The van der Waals surface area contributed by atoms with Crippen LogP contribution in [-0.4, -0.2) is 21.0 Å². The van der Waals surface area contributed by atoms with Gasteiger partial charge in [0.2, 0.25) is 0 Å². The summed E-state index contributed by atoms with van der Waals surface area (Å²) in [6.07, 6.45) is 0. The van der Waals surface area contributed by atoms with Crippen LogP contribution in [0.4, 0.5) is 11.4 Å². The van der Waals surface area contributed by atoms with Gasteiger partial charge in [-0.2, -0.15) is 0 Å². The number of nitro groups is 1. The number of carbonyl (C=O) groups is 1. The van der Waals surface area contributed by atoms with E-state index in [1.807, 2.05) is 0 Å². The van der Waals surface area contributed by atoms with Gasteiger partial charge in [-0.3, -0.25) is 20.2 Å². The van der Waals surface area contributed by atoms with Crippen LogP contribution in [0.2, 0.25) is 5.02 Å². The molecule has 0 aliphatic rings. The minimum atomic E-state index is -0.629. The van der Waals surface area contributed by atoms with E-state index >= 15 is 0 Å². The van der Waals surface area contributed by atoms with Crippen LogP contribution < -0.4 is 10.6 Å². The summed E-state index contributed by atoms with van der Waals surface area (Å²) in [5, 5.41) is 25.9. The lowest BCUT2D eigenvalue weighted by Crippen LogP contribution is -2.33. The van der Waals surface area contributed by atoms with Crippen molar-refractivity contribution in [1.82, 2.24) is 5.32 Å². The van der Waals surface area contributed by atoms with E-state index in [9.17, 15) is 20.0 Å². The molecule has 28 heavy (non-hydrogen) atoms. The third-order valence-electron chi connectivity index (χ3n) is 3.61. The number of carbonyl (C=O) groups excluding carboxylic acids is 1. The van der Waals surface area contributed by atoms with Crippen molar-refractivity contribution in [1.29, 1.82) is 0 Å². The van der Waals surface area contributed by atoms with Crippen molar-refractivity contribution in [2.24, 2.45) is 0 Å². The van der Waals surface area contributed by atoms with Gasteiger partial charge in [0.1, 0.15) is 11.5 Å². The number of phenols is 1. The second kappa shape index (κ2) is 8.07. The third-order valence-corrected chi connectivity index (χ3v) is 4.04. The van der Waals surface area contributed by atoms with E-state index in [1.165, 1.54) is 6.07 Å². The van der Waals surface area contributed by atoms with E-state index in [0.717, 1.165) is 18.2 Å². The molecule has 1 amide bonds. The van der Waals surface area contributed by atoms with Gasteiger partial charge in [-0.25, -0.2) is 0 Å². The van der Waals surface area contributed by atoms with Crippen molar-refractivity contribution in [3.05, 3.63) is 75.5 Å². The number of phenolic OH excluding ortho intramolecular Hbond substituents is 1. The summed E-state index contributed by atoms with van der Waals surface area (Å²) < 4.78 is 5.52. The molecule has 3 N–H and O–H groups in total. The molecule has 0 saturated carbocycles. The summed E-state index contributed by atoms with van der Waals surface area (Å²) >= 11 is 11.0. The highest BCUT2D eigenvalue weighted by molar-refractivity contribution is 7.80. The summed E-state index contributed by atoms with van der Waals surface area (Å²) in [5.74, 6) is -0.440. The molecule has 1 aromatic heterocycles. The lowest BCUT2D eigenvalue weighted by molar-refractivity contribution is -0.384. The first-order valence-electron chi connectivity index (χ1n) is 7.79. The van der Waals surface area contributed by atoms with Crippen LogP contribution in [0.3, 0.4) is 0 Å². The largest absolute Gasteiger partial charge is 0.506 e. The van der Waals surface area contributed by atoms with Crippen LogP contribution in [0.5, 0.6) is 5.75 Å². The highest BCUT2D eigenvalue weighted by Gasteiger charge is 2.16. The van der Waals surface area contributed by atoms with Crippen LogP contribution >= 0.6 is 23.8 Å². The van der Waals surface area contributed by atoms with E-state index in [1.54, 1.807) is 30.3 Å². The first-order valence-corrected chi connectivity index (χ1v) is 8.57. The van der Waals surface area contributed by atoms with Gasteiger partial charge in [0.25, 0.3) is 11.6 Å². The van der Waals surface area contributed by atoms with E-state index < -0.39 is 10.8 Å². The van der Waals surface area contributed by atoms with Gasteiger partial charge in [0, 0.05) is 22.7 Å². The highest BCUT2D eigenvalue weighted by Crippen LogP contribution is 2.28. The second-order valence-electron chi connectivity index (χ2n) is 5.54. The van der Waals surface area contributed by atoms with E-state index in [-0.39, 0.29) is 28.0 Å². The molecule has 142 valence electrons. The molecule has 1 heterocycles. The van der Waals surface area contributed by atoms with Crippen molar-refractivity contribution in [2.75, 3.05) is 5.32 Å². The van der Waals surface area contributed by atoms with Crippen molar-refractivity contribution >= 4 is 46.2 Å². The molecule has 0 bridgehead atoms. The van der Waals surface area contributed by atoms with E-state index in [2.05, 4.69) is 10.6 Å². The van der Waals surface area contributed by atoms with Crippen LogP contribution in [-0.2, 0) is 0 Å². The maximum Gasteiger partial charge on any atom is 0.293 e. The van der Waals surface area contributed by atoms with Crippen LogP contribution in [0.1, 0.15) is 10.6 Å². The maximum atomic E-state index is 12.3. The molecule has 0 aliphatic heterocycles. The predicted molar refractivity (Wildman–Crippen MR) is 108 cm³/mol. The molecule has 0 radical (unpaired) electrons. The topological polar surface area (TPSA) is 118 Å². The molecule has 3 rings (SSSR count). The summed E-state index contributed by atoms with van der Waals surface area (Å²) in [4.78, 5) is 22.5. The quantitative estimate of drug-likeness (QED) is 0.250. The standard InChI is InChI=1S/C18H12ClN3O5S/c19-11-3-1-2-10(8-11)15-6-7-16(27-15)17(24)21-18(28)20-13-9-12(22(25)26)4-5-14(13)23/h1-9,23H,(H2,20,21,24,28). The Morgan fingerprint density at radius 2 is 1.96 bits per heavy atom. The highest BCUT2D eigenvalue weighted by atomic mass is 35.5. The number of benzene rings is 2. The fourth-order valence-electron chi connectivity index (χ4n) is 2.31. The molecule has 0 atom stereocenters. The van der Waals surface area contributed by atoms with Gasteiger partial charge >= 0.3 is 0 Å². The van der Waals surface area contributed by atoms with Crippen molar-refractivity contribution in [3.8, 4) is 17.1 Å². The van der Waals surface area contributed by atoms with Crippen LogP contribution in [0, 0.1) is 10.1 Å². The molecule has 10 heteroatoms. The number of non-ortho nitro benzene ring substituents is 1. The minimum Gasteiger partial charge on any atom is -0.506 e. The Kier molecular flexibility index (Phi) is 5.57. The van der Waals surface area contributed by atoms with E-state index in [0.29, 0.717) is 16.3 Å². The number of thiocarbonyl (C=S) groups is 1. The zero-order valence-electron chi connectivity index (χ0n) is 14.0. The molecule has 8 nitrogen and oxygen atoms in total. The number of furan rings is 1. The molecule has 0 saturated heterocycles. The molecular weight excluding hydrogens is 406 g/mol. The number of hydrogen-bond donors (Lipinski definition) is 3. The summed E-state index contributed by atoms with van der Waals surface area (Å²) in [5.41, 5.74) is 0.443. The number of aromatic hydroxyl groups is 1. The van der Waals surface area contributed by atoms with E-state index in [4.69, 9.17) is 28.2 Å². The minimum absolute atomic E-state index is 0.00221. The molecule has 0 unspecified atom stereocenters. The average Bonchev–Trinajstić information content (AvgIpc) is 3.13. The second-order valence-corrected chi connectivity index (χ2v) is 6.39. The zero-order valence-corrected chi connectivity index (χ0v) is 15.6. The molecule has 3 aromatic rings. The Bertz CT molecular complexity index is 1080. The molecule has 0 fully saturated rings. The Hall–Kier alpha value is -3.43. The van der Waals surface area contributed by atoms with Crippen LogP contribution in [0.15, 0.2) is 59.0 Å². The molecule has 0 aliphatic carbocycles. The summed E-state index contributed by atoms with van der Waals surface area (Å²) in [7, 11) is 0. The van der Waals surface area contributed by atoms with Gasteiger partial charge < -0.3 is 14.8 Å². The fourth-order valence-corrected chi connectivity index (χ4v) is 2.71. The predicted octanol–water partition coefficient (Wildman–Crippen LogP) is 4.34. The first kappa shape index (κ1) is 19.3. The average molecular weight is 418 g/mol. The lowest BCUT2D eigenvalue weighted by Gasteiger charge is -2.10. The monoisotopic (exact) mass is 417 g/mol. The normalized spacial score (nSPS) is 10.3. The number of amides is 1. The van der Waals surface area contributed by atoms with Gasteiger partial charge in [-0.15, -0.1) is 0 Å². The van der Waals surface area contributed by atoms with Gasteiger partial charge in [-0.05, 0) is 42.5 Å². The Morgan fingerprint density at radius 1 is 1.18 bits per heavy atom. The van der Waals surface area contributed by atoms with Gasteiger partial charge in [-0.1, -0.05) is 23.7 Å². The first-order chi connectivity index (χ1) is 13.3. The summed E-state index contributed by atoms with van der Waals surface area (Å²) in [6.45, 7) is 0. The smallest absolute Gasteiger partial charge is 0.293 e. The van der Waals surface area contributed by atoms with Crippen molar-refractivity contribution in [3.63, 3.8) is 0 Å². The Balaban J connectivity index is 1.69. The number of anilines is 1. The third kappa shape index (κ3) is 4.45. The maximum absolute atomic E-state index is 12.3. The number of nitrogens with zero attached hydrogens (tertiary/aromatic N) is 1. The van der Waals surface area contributed by atoms with Crippen molar-refractivity contribution < 1.29 is 19.2 Å². The van der Waals surface area contributed by atoms with Gasteiger partial charge in [0.15, 0.2) is 10.9 Å². The summed E-state index contributed by atoms with van der Waals surface area (Å²) in [6, 6.07) is 13.4. The number of halogens is 1. The number of hydrogen-bond acceptors (Lipinski definition) is 6. The molecule has 2 aromatic carbocycles. The van der Waals surface area contributed by atoms with Crippen molar-refractivity contribution in [2.45, 2.75) is 0 Å². The molecular formula is C18H12ClN3O5S. The Morgan fingerprint density at radius 3 is 2.68 bits per heavy atom. The number of rotatable bonds is 4. The fraction of sp³-hybridized carbons (Fsp3) is 0. The van der Waals surface area contributed by atoms with Gasteiger partial charge in [0.05, 0.1) is 10.6 Å². The lowest BCUT2D eigenvalue weighted by atomic mass is 10.2. The zero-order chi connectivity index (χ0) is 20.3. The molecule has 0 spiro atoms. The SMILES string of the molecule is O=C(NC(=S)Nc1cc([N+](=O)[O-])ccc1O)c1ccc(-c2cccc(Cl)c2)o1.